The molecule has 0 bridgehead atoms. The Hall–Kier alpha value is -1.01. The fourth-order valence-corrected chi connectivity index (χ4v) is 9.36. The number of hydrogen-bond donors (Lipinski definition) is 3. The van der Waals surface area contributed by atoms with Crippen LogP contribution in [0.4, 0.5) is 0 Å². The van der Waals surface area contributed by atoms with Gasteiger partial charge in [-0.1, -0.05) is 31.9 Å². The molecule has 0 radical (unpaired) electrons. The molecule has 5 heteroatoms. The molecule has 2 heterocycles. The molecule has 2 aliphatic heterocycles. The Morgan fingerprint density at radius 3 is 2.70 bits per heavy atom. The molecule has 6 rings (SSSR count). The Labute approximate surface area is 199 Å². The molecular formula is C28H43N3O2. The molecule has 33 heavy (non-hydrogen) atoms. The minimum absolute atomic E-state index is 0.113. The van der Waals surface area contributed by atoms with Crippen LogP contribution in [0.25, 0.3) is 0 Å². The summed E-state index contributed by atoms with van der Waals surface area (Å²) in [5.74, 6) is 1.69. The molecule has 5 nitrogen and oxygen atoms in total. The van der Waals surface area contributed by atoms with Gasteiger partial charge in [-0.25, -0.2) is 0 Å². The van der Waals surface area contributed by atoms with Gasteiger partial charge in [0.2, 0.25) is 0 Å². The third kappa shape index (κ3) is 2.83. The molecule has 2 saturated heterocycles. The molecule has 0 aromatic carbocycles. The van der Waals surface area contributed by atoms with Crippen molar-refractivity contribution in [3.05, 3.63) is 22.8 Å². The van der Waals surface area contributed by atoms with Crippen molar-refractivity contribution in [3.63, 3.8) is 0 Å². The maximum atomic E-state index is 12.2. The first-order valence-electron chi connectivity index (χ1n) is 13.4. The predicted octanol–water partition coefficient (Wildman–Crippen LogP) is 3.76. The van der Waals surface area contributed by atoms with Crippen molar-refractivity contribution in [2.75, 3.05) is 6.54 Å². The summed E-state index contributed by atoms with van der Waals surface area (Å²) in [7, 11) is 0. The molecule has 0 unspecified atom stereocenters. The Kier molecular flexibility index (Phi) is 4.78. The topological polar surface area (TPSA) is 90.4 Å². The van der Waals surface area contributed by atoms with Gasteiger partial charge in [0.25, 0.3) is 0 Å². The molecule has 6 aliphatic rings. The third-order valence-electron chi connectivity index (χ3n) is 11.5. The number of nitrogens with two attached hydrogens (primary N) is 2. The van der Waals surface area contributed by atoms with Gasteiger partial charge >= 0.3 is 0 Å². The van der Waals surface area contributed by atoms with Crippen molar-refractivity contribution in [2.45, 2.75) is 114 Å². The van der Waals surface area contributed by atoms with E-state index in [-0.39, 0.29) is 33.8 Å². The van der Waals surface area contributed by atoms with E-state index in [1.165, 1.54) is 16.7 Å². The fraction of sp³-hybridized carbons (Fsp3) is 0.821. The molecule has 5 N–H and O–H groups in total. The molecule has 2 saturated carbocycles. The lowest BCUT2D eigenvalue weighted by atomic mass is 9.51. The average Bonchev–Trinajstić information content (AvgIpc) is 3.12. The van der Waals surface area contributed by atoms with Gasteiger partial charge in [-0.05, 0) is 82.4 Å². The number of piperidine rings is 1. The largest absolute Gasteiger partial charge is 0.369 e. The van der Waals surface area contributed by atoms with Crippen LogP contribution in [0, 0.1) is 23.2 Å². The Balaban J connectivity index is 1.37. The molecule has 0 aromatic rings. The predicted molar refractivity (Wildman–Crippen MR) is 130 cm³/mol. The van der Waals surface area contributed by atoms with Gasteiger partial charge in [0, 0.05) is 40.8 Å². The maximum absolute atomic E-state index is 12.2. The fourth-order valence-electron chi connectivity index (χ4n) is 9.36. The van der Waals surface area contributed by atoms with Gasteiger partial charge in [0.1, 0.15) is 0 Å². The lowest BCUT2D eigenvalue weighted by molar-refractivity contribution is -0.116. The number of rotatable bonds is 0. The molecule has 0 amide bonds. The summed E-state index contributed by atoms with van der Waals surface area (Å²) in [5.41, 5.74) is 18.1. The van der Waals surface area contributed by atoms with Gasteiger partial charge in [-0.3, -0.25) is 4.79 Å². The van der Waals surface area contributed by atoms with Crippen molar-refractivity contribution in [3.8, 4) is 0 Å². The summed E-state index contributed by atoms with van der Waals surface area (Å²) in [4.78, 5) is 12.2. The van der Waals surface area contributed by atoms with E-state index in [4.69, 9.17) is 16.2 Å². The summed E-state index contributed by atoms with van der Waals surface area (Å²) in [6.07, 6.45) is 10.7. The zero-order valence-electron chi connectivity index (χ0n) is 21.0. The van der Waals surface area contributed by atoms with Crippen LogP contribution in [0.15, 0.2) is 22.8 Å². The van der Waals surface area contributed by atoms with Crippen LogP contribution in [-0.4, -0.2) is 41.2 Å². The number of nitrogens with one attached hydrogen (secondary N) is 1. The zero-order chi connectivity index (χ0) is 23.4. The Morgan fingerprint density at radius 1 is 1.12 bits per heavy atom. The second kappa shape index (κ2) is 7.02. The lowest BCUT2D eigenvalue weighted by Crippen LogP contribution is -2.65. The van der Waals surface area contributed by atoms with Crippen molar-refractivity contribution in [1.82, 2.24) is 5.32 Å². The monoisotopic (exact) mass is 453 g/mol. The third-order valence-corrected chi connectivity index (χ3v) is 11.5. The van der Waals surface area contributed by atoms with E-state index in [9.17, 15) is 4.79 Å². The highest BCUT2D eigenvalue weighted by Gasteiger charge is 2.67. The van der Waals surface area contributed by atoms with Gasteiger partial charge < -0.3 is 21.5 Å². The van der Waals surface area contributed by atoms with E-state index >= 15 is 0 Å². The van der Waals surface area contributed by atoms with Crippen LogP contribution in [-0.2, 0) is 9.53 Å². The first kappa shape index (κ1) is 22.5. The number of carbonyl (C=O) groups excluding carboxylic acids is 1. The van der Waals surface area contributed by atoms with E-state index in [0.29, 0.717) is 30.4 Å². The zero-order valence-corrected chi connectivity index (χ0v) is 21.0. The number of carbonyl (C=O) groups is 1. The first-order valence-corrected chi connectivity index (χ1v) is 13.4. The van der Waals surface area contributed by atoms with Crippen LogP contribution in [0.2, 0.25) is 0 Å². The van der Waals surface area contributed by atoms with Crippen molar-refractivity contribution in [2.24, 2.45) is 34.6 Å². The number of ketones is 1. The highest BCUT2D eigenvalue weighted by atomic mass is 16.5. The molecule has 4 aliphatic carbocycles. The van der Waals surface area contributed by atoms with Crippen LogP contribution in [0.1, 0.15) is 85.5 Å². The van der Waals surface area contributed by atoms with Gasteiger partial charge in [-0.15, -0.1) is 0 Å². The van der Waals surface area contributed by atoms with Crippen LogP contribution in [0.5, 0.6) is 0 Å². The quantitative estimate of drug-likeness (QED) is 0.486. The van der Waals surface area contributed by atoms with Gasteiger partial charge in [0.15, 0.2) is 5.78 Å². The minimum Gasteiger partial charge on any atom is -0.369 e. The summed E-state index contributed by atoms with van der Waals surface area (Å²) >= 11 is 0. The number of hydrogen-bond acceptors (Lipinski definition) is 5. The molecule has 182 valence electrons. The van der Waals surface area contributed by atoms with E-state index in [1.54, 1.807) is 0 Å². The maximum Gasteiger partial charge on any atom is 0.155 e. The highest BCUT2D eigenvalue weighted by molar-refractivity contribution is 5.91. The molecule has 0 aromatic heterocycles. The van der Waals surface area contributed by atoms with Crippen LogP contribution >= 0.6 is 0 Å². The first-order chi connectivity index (χ1) is 15.5. The average molecular weight is 454 g/mol. The molecule has 9 atom stereocenters. The lowest BCUT2D eigenvalue weighted by Gasteiger charge is -2.56. The number of ether oxygens (including phenoxy) is 1. The smallest absolute Gasteiger partial charge is 0.155 e. The van der Waals surface area contributed by atoms with Gasteiger partial charge in [-0.2, -0.15) is 0 Å². The molecule has 4 fully saturated rings. The van der Waals surface area contributed by atoms with E-state index in [2.05, 4.69) is 33.0 Å². The summed E-state index contributed by atoms with van der Waals surface area (Å²) in [6.45, 7) is 10.5. The van der Waals surface area contributed by atoms with Crippen LogP contribution in [0.3, 0.4) is 0 Å². The minimum atomic E-state index is -0.360. The Morgan fingerprint density at radius 2 is 1.91 bits per heavy atom. The van der Waals surface area contributed by atoms with E-state index in [1.807, 2.05) is 6.08 Å². The highest BCUT2D eigenvalue weighted by Crippen LogP contribution is 2.65. The van der Waals surface area contributed by atoms with Crippen LogP contribution < -0.4 is 16.8 Å². The van der Waals surface area contributed by atoms with Gasteiger partial charge in [0.05, 0.1) is 11.7 Å². The normalized spacial score (nSPS) is 53.8. The van der Waals surface area contributed by atoms with Crippen molar-refractivity contribution >= 4 is 5.78 Å². The number of allylic oxidation sites excluding steroid dienone is 1. The second-order valence-electron chi connectivity index (χ2n) is 13.0. The summed E-state index contributed by atoms with van der Waals surface area (Å²) in [5, 5.41) is 3.81. The SMILES string of the molecule is CC1=C2C[C@@]3(N)[C@@H](CCC4=CC(=O)CC[C@@]43C)[C@]2(N)CC[C@@]2(C1)O[C@@H]1C[C@H](C)CN[C@H]1[C@H]2C. The van der Waals surface area contributed by atoms with Crippen molar-refractivity contribution in [1.29, 1.82) is 0 Å². The van der Waals surface area contributed by atoms with E-state index < -0.39 is 0 Å². The molecular weight excluding hydrogens is 410 g/mol. The standard InChI is InChI=1S/C28H43N3O2/c1-16-11-22-24(31-15-16)18(3)26(33-22)9-10-27(29)21(17(2)13-26)14-28(30)23(27)6-5-19-12-20(32)7-8-25(19,28)4/h12,16,18,22-24,31H,5-11,13-15,29-30H2,1-4H3/t16-,18+,22+,23-,24-,25-,26-,27-,28+/m0/s1. The second-order valence-corrected chi connectivity index (χ2v) is 13.0. The number of fused-ring (bicyclic) bond motifs is 6. The van der Waals surface area contributed by atoms with Crippen molar-refractivity contribution < 1.29 is 9.53 Å². The van der Waals surface area contributed by atoms with E-state index in [0.717, 1.165) is 57.9 Å². The Bertz CT molecular complexity index is 957. The molecule has 1 spiro atoms. The summed E-state index contributed by atoms with van der Waals surface area (Å²) < 4.78 is 6.99. The summed E-state index contributed by atoms with van der Waals surface area (Å²) in [6, 6.07) is 0.459.